The lowest BCUT2D eigenvalue weighted by molar-refractivity contribution is -0.117. The number of fused-ring (bicyclic) bond motifs is 1. The first-order valence-electron chi connectivity index (χ1n) is 10.3. The van der Waals surface area contributed by atoms with Crippen LogP contribution in [0.3, 0.4) is 0 Å². The average molecular weight is 406 g/mol. The summed E-state index contributed by atoms with van der Waals surface area (Å²) >= 11 is 0. The third-order valence-corrected chi connectivity index (χ3v) is 5.46. The van der Waals surface area contributed by atoms with E-state index in [0.29, 0.717) is 18.8 Å². The molecule has 0 bridgehead atoms. The molecule has 1 aliphatic rings. The SMILES string of the molecule is CC(NC(=O)N1CCN(Cc2ccccc2)CC1)C(=O)Nc1ccc2[nH]ccc2c1. The minimum Gasteiger partial charge on any atom is -0.361 e. The molecule has 3 aromatic rings. The van der Waals surface area contributed by atoms with Crippen molar-refractivity contribution < 1.29 is 9.59 Å². The van der Waals surface area contributed by atoms with E-state index in [9.17, 15) is 9.59 Å². The van der Waals surface area contributed by atoms with Gasteiger partial charge in [-0.1, -0.05) is 30.3 Å². The second-order valence-corrected chi connectivity index (χ2v) is 7.69. The Hall–Kier alpha value is -3.32. The number of carbonyl (C=O) groups excluding carboxylic acids is 2. The summed E-state index contributed by atoms with van der Waals surface area (Å²) in [7, 11) is 0. The van der Waals surface area contributed by atoms with Gasteiger partial charge in [0.2, 0.25) is 5.91 Å². The molecule has 1 aliphatic heterocycles. The molecular weight excluding hydrogens is 378 g/mol. The highest BCUT2D eigenvalue weighted by atomic mass is 16.2. The molecular formula is C23H27N5O2. The second kappa shape index (κ2) is 9.00. The Bertz CT molecular complexity index is 1010. The number of aromatic nitrogens is 1. The molecule has 0 saturated carbocycles. The molecule has 3 amide bonds. The molecule has 0 spiro atoms. The summed E-state index contributed by atoms with van der Waals surface area (Å²) in [6.45, 7) is 5.53. The van der Waals surface area contributed by atoms with E-state index < -0.39 is 6.04 Å². The van der Waals surface area contributed by atoms with E-state index in [0.717, 1.165) is 30.5 Å². The van der Waals surface area contributed by atoms with Crippen LogP contribution in [0.1, 0.15) is 12.5 Å². The van der Waals surface area contributed by atoms with Gasteiger partial charge in [-0.05, 0) is 36.8 Å². The highest BCUT2D eigenvalue weighted by Crippen LogP contribution is 2.18. The number of amides is 3. The first-order chi connectivity index (χ1) is 14.6. The third-order valence-electron chi connectivity index (χ3n) is 5.46. The molecule has 3 N–H and O–H groups in total. The van der Waals surface area contributed by atoms with Crippen LogP contribution in [0.15, 0.2) is 60.8 Å². The van der Waals surface area contributed by atoms with Crippen LogP contribution in [-0.4, -0.2) is 58.9 Å². The number of rotatable bonds is 5. The highest BCUT2D eigenvalue weighted by molar-refractivity contribution is 5.98. The number of nitrogens with zero attached hydrogens (tertiary/aromatic N) is 2. The van der Waals surface area contributed by atoms with Gasteiger partial charge in [-0.2, -0.15) is 0 Å². The van der Waals surface area contributed by atoms with Crippen LogP contribution in [0.4, 0.5) is 10.5 Å². The van der Waals surface area contributed by atoms with E-state index in [-0.39, 0.29) is 11.9 Å². The van der Waals surface area contributed by atoms with E-state index in [1.165, 1.54) is 5.56 Å². The number of hydrogen-bond acceptors (Lipinski definition) is 3. The monoisotopic (exact) mass is 405 g/mol. The van der Waals surface area contributed by atoms with Crippen molar-refractivity contribution in [3.8, 4) is 0 Å². The van der Waals surface area contributed by atoms with Crippen LogP contribution in [0, 0.1) is 0 Å². The predicted molar refractivity (Wildman–Crippen MR) is 118 cm³/mol. The van der Waals surface area contributed by atoms with Gasteiger partial charge in [0, 0.05) is 55.5 Å². The van der Waals surface area contributed by atoms with E-state index >= 15 is 0 Å². The molecule has 4 rings (SSSR count). The molecule has 2 aromatic carbocycles. The van der Waals surface area contributed by atoms with Gasteiger partial charge in [-0.25, -0.2) is 4.79 Å². The van der Waals surface area contributed by atoms with Crippen LogP contribution < -0.4 is 10.6 Å². The fourth-order valence-electron chi connectivity index (χ4n) is 3.67. The highest BCUT2D eigenvalue weighted by Gasteiger charge is 2.24. The minimum absolute atomic E-state index is 0.196. The summed E-state index contributed by atoms with van der Waals surface area (Å²) in [5.74, 6) is -0.235. The lowest BCUT2D eigenvalue weighted by Crippen LogP contribution is -2.54. The number of urea groups is 1. The molecule has 0 radical (unpaired) electrons. The number of carbonyl (C=O) groups is 2. The molecule has 7 heteroatoms. The number of hydrogen-bond donors (Lipinski definition) is 3. The van der Waals surface area contributed by atoms with E-state index in [1.54, 1.807) is 11.8 Å². The second-order valence-electron chi connectivity index (χ2n) is 7.69. The van der Waals surface area contributed by atoms with Crippen molar-refractivity contribution in [2.75, 3.05) is 31.5 Å². The first kappa shape index (κ1) is 20.0. The van der Waals surface area contributed by atoms with Gasteiger partial charge in [0.1, 0.15) is 6.04 Å². The summed E-state index contributed by atoms with van der Waals surface area (Å²) in [6.07, 6.45) is 1.86. The van der Waals surface area contributed by atoms with E-state index in [1.807, 2.05) is 48.7 Å². The zero-order chi connectivity index (χ0) is 20.9. The maximum atomic E-state index is 12.6. The molecule has 7 nitrogen and oxygen atoms in total. The van der Waals surface area contributed by atoms with Crippen LogP contribution in [0.2, 0.25) is 0 Å². The Kier molecular flexibility index (Phi) is 5.99. The molecule has 30 heavy (non-hydrogen) atoms. The Morgan fingerprint density at radius 2 is 1.80 bits per heavy atom. The molecule has 1 atom stereocenters. The maximum Gasteiger partial charge on any atom is 0.318 e. The predicted octanol–water partition coefficient (Wildman–Crippen LogP) is 3.02. The van der Waals surface area contributed by atoms with Crippen molar-refractivity contribution in [2.24, 2.45) is 0 Å². The van der Waals surface area contributed by atoms with Gasteiger partial charge in [0.15, 0.2) is 0 Å². The fourth-order valence-corrected chi connectivity index (χ4v) is 3.67. The molecule has 1 fully saturated rings. The Labute approximate surface area is 176 Å². The number of benzene rings is 2. The number of aromatic amines is 1. The number of piperazine rings is 1. The molecule has 1 aromatic heterocycles. The Morgan fingerprint density at radius 1 is 1.03 bits per heavy atom. The average Bonchev–Trinajstić information content (AvgIpc) is 3.23. The zero-order valence-corrected chi connectivity index (χ0v) is 17.1. The Balaban J connectivity index is 1.24. The third kappa shape index (κ3) is 4.80. The standard InChI is InChI=1S/C23H27N5O2/c1-17(22(29)26-20-7-8-21-19(15-20)9-10-24-21)25-23(30)28-13-11-27(12-14-28)16-18-5-3-2-4-6-18/h2-10,15,17,24H,11-14,16H2,1H3,(H,25,30)(H,26,29). The molecule has 2 heterocycles. The molecule has 1 unspecified atom stereocenters. The van der Waals surface area contributed by atoms with Crippen LogP contribution in [0.5, 0.6) is 0 Å². The van der Waals surface area contributed by atoms with Crippen LogP contribution in [-0.2, 0) is 11.3 Å². The number of nitrogens with one attached hydrogen (secondary N) is 3. The minimum atomic E-state index is -0.623. The fraction of sp³-hybridized carbons (Fsp3) is 0.304. The zero-order valence-electron chi connectivity index (χ0n) is 17.1. The molecule has 0 aliphatic carbocycles. The van der Waals surface area contributed by atoms with Crippen molar-refractivity contribution >= 4 is 28.5 Å². The van der Waals surface area contributed by atoms with Gasteiger partial charge >= 0.3 is 6.03 Å². The largest absolute Gasteiger partial charge is 0.361 e. The van der Waals surface area contributed by atoms with Gasteiger partial charge < -0.3 is 20.5 Å². The number of anilines is 1. The molecule has 1 saturated heterocycles. The summed E-state index contributed by atoms with van der Waals surface area (Å²) in [5, 5.41) is 6.71. The van der Waals surface area contributed by atoms with Crippen molar-refractivity contribution in [1.29, 1.82) is 0 Å². The molecule has 156 valence electrons. The van der Waals surface area contributed by atoms with E-state index in [2.05, 4.69) is 32.7 Å². The quantitative estimate of drug-likeness (QED) is 0.610. The van der Waals surface area contributed by atoms with Gasteiger partial charge in [0.25, 0.3) is 0 Å². The van der Waals surface area contributed by atoms with Crippen LogP contribution >= 0.6 is 0 Å². The summed E-state index contributed by atoms with van der Waals surface area (Å²) in [6, 6.07) is 17.1. The van der Waals surface area contributed by atoms with Gasteiger partial charge in [0.05, 0.1) is 0 Å². The summed E-state index contributed by atoms with van der Waals surface area (Å²) in [5.41, 5.74) is 3.00. The topological polar surface area (TPSA) is 80.5 Å². The smallest absolute Gasteiger partial charge is 0.318 e. The van der Waals surface area contributed by atoms with Crippen molar-refractivity contribution in [3.05, 3.63) is 66.4 Å². The van der Waals surface area contributed by atoms with Crippen molar-refractivity contribution in [1.82, 2.24) is 20.1 Å². The van der Waals surface area contributed by atoms with Crippen molar-refractivity contribution in [3.63, 3.8) is 0 Å². The normalized spacial score (nSPS) is 15.7. The lowest BCUT2D eigenvalue weighted by Gasteiger charge is -2.35. The van der Waals surface area contributed by atoms with Crippen LogP contribution in [0.25, 0.3) is 10.9 Å². The Morgan fingerprint density at radius 3 is 2.57 bits per heavy atom. The first-order valence-corrected chi connectivity index (χ1v) is 10.3. The van der Waals surface area contributed by atoms with Gasteiger partial charge in [-0.15, -0.1) is 0 Å². The van der Waals surface area contributed by atoms with E-state index in [4.69, 9.17) is 0 Å². The van der Waals surface area contributed by atoms with Gasteiger partial charge in [-0.3, -0.25) is 9.69 Å². The lowest BCUT2D eigenvalue weighted by atomic mass is 10.2. The van der Waals surface area contributed by atoms with Crippen molar-refractivity contribution in [2.45, 2.75) is 19.5 Å². The summed E-state index contributed by atoms with van der Waals surface area (Å²) < 4.78 is 0. The number of H-pyrrole nitrogens is 1. The summed E-state index contributed by atoms with van der Waals surface area (Å²) in [4.78, 5) is 32.3. The maximum absolute atomic E-state index is 12.6.